The first-order chi connectivity index (χ1) is 18.0. The summed E-state index contributed by atoms with van der Waals surface area (Å²) >= 11 is 3.47. The molecule has 0 spiro atoms. The Morgan fingerprint density at radius 3 is 2.58 bits per heavy atom. The number of aliphatic carboxylic acids is 1. The van der Waals surface area contributed by atoms with Crippen molar-refractivity contribution in [2.45, 2.75) is 31.5 Å². The van der Waals surface area contributed by atoms with Gasteiger partial charge in [-0.15, -0.1) is 0 Å². The molecule has 2 heterocycles. The summed E-state index contributed by atoms with van der Waals surface area (Å²) in [5.74, 6) is -1.86. The first kappa shape index (κ1) is 28.7. The van der Waals surface area contributed by atoms with E-state index in [1.807, 2.05) is 30.3 Å². The van der Waals surface area contributed by atoms with Gasteiger partial charge in [0.25, 0.3) is 0 Å². The zero-order chi connectivity index (χ0) is 27.9. The number of carbonyl (C=O) groups is 1. The molecule has 38 heavy (non-hydrogen) atoms. The van der Waals surface area contributed by atoms with E-state index in [2.05, 4.69) is 32.3 Å². The van der Waals surface area contributed by atoms with E-state index in [1.54, 1.807) is 18.2 Å². The number of phenolic OH excluding ortho intramolecular Hbond substituents is 1. The maximum Gasteiger partial charge on any atom is 0.490 e. The summed E-state index contributed by atoms with van der Waals surface area (Å²) in [6.45, 7) is 2.09. The molecule has 200 valence electrons. The van der Waals surface area contributed by atoms with Crippen LogP contribution < -0.4 is 15.8 Å². The molecule has 4 rings (SSSR count). The number of benzene rings is 2. The van der Waals surface area contributed by atoms with Crippen molar-refractivity contribution in [2.75, 3.05) is 18.8 Å². The third-order valence-corrected chi connectivity index (χ3v) is 6.21. The van der Waals surface area contributed by atoms with E-state index in [-0.39, 0.29) is 17.5 Å². The van der Waals surface area contributed by atoms with E-state index in [1.165, 1.54) is 0 Å². The maximum absolute atomic E-state index is 10.7. The van der Waals surface area contributed by atoms with Crippen molar-refractivity contribution < 1.29 is 32.9 Å². The first-order valence-electron chi connectivity index (χ1n) is 11.4. The van der Waals surface area contributed by atoms with Gasteiger partial charge in [-0.3, -0.25) is 0 Å². The van der Waals surface area contributed by atoms with E-state index in [0.29, 0.717) is 29.2 Å². The van der Waals surface area contributed by atoms with Crippen molar-refractivity contribution in [3.8, 4) is 28.8 Å². The summed E-state index contributed by atoms with van der Waals surface area (Å²) in [6, 6.07) is 17.0. The number of carboxylic acids is 1. The molecule has 1 atom stereocenters. The summed E-state index contributed by atoms with van der Waals surface area (Å²) in [4.78, 5) is 13.3. The van der Waals surface area contributed by atoms with E-state index >= 15 is 0 Å². The molecule has 1 aromatic heterocycles. The minimum Gasteiger partial charge on any atom is -0.507 e. The van der Waals surface area contributed by atoms with Crippen LogP contribution in [-0.4, -0.2) is 40.4 Å². The number of ether oxygens (including phenoxy) is 1. The van der Waals surface area contributed by atoms with E-state index in [4.69, 9.17) is 20.4 Å². The predicted molar refractivity (Wildman–Crippen MR) is 137 cm³/mol. The Hall–Kier alpha value is -3.82. The van der Waals surface area contributed by atoms with Gasteiger partial charge in [-0.05, 0) is 66.8 Å². The van der Waals surface area contributed by atoms with Crippen molar-refractivity contribution in [3.05, 3.63) is 69.7 Å². The van der Waals surface area contributed by atoms with Gasteiger partial charge >= 0.3 is 12.1 Å². The van der Waals surface area contributed by atoms with Crippen LogP contribution in [0.4, 0.5) is 19.0 Å². The number of piperidine rings is 1. The molecule has 1 aliphatic rings. The molecule has 0 saturated carbocycles. The summed E-state index contributed by atoms with van der Waals surface area (Å²) in [7, 11) is 0. The SMILES string of the molecule is N#Cc1c(C2CCCNC2)cc(-c2c(O)cccc2OCc2cccc(Br)c2)nc1N.O=C(O)C(F)(F)F. The maximum atomic E-state index is 10.7. The number of carboxylic acid groups (broad SMARTS) is 1. The molecular formula is C26H24BrF3N4O4. The number of anilines is 1. The van der Waals surface area contributed by atoms with Gasteiger partial charge in [0.15, 0.2) is 0 Å². The number of halogens is 4. The number of rotatable bonds is 5. The zero-order valence-electron chi connectivity index (χ0n) is 19.9. The number of hydrogen-bond acceptors (Lipinski definition) is 7. The number of aromatic nitrogens is 1. The Labute approximate surface area is 225 Å². The molecule has 1 fully saturated rings. The summed E-state index contributed by atoms with van der Waals surface area (Å²) in [5.41, 5.74) is 9.40. The molecule has 0 radical (unpaired) electrons. The second-order valence-corrected chi connectivity index (χ2v) is 9.30. The Balaban J connectivity index is 0.000000505. The molecule has 2 aromatic carbocycles. The van der Waals surface area contributed by atoms with Crippen molar-refractivity contribution in [3.63, 3.8) is 0 Å². The van der Waals surface area contributed by atoms with Crippen LogP contribution >= 0.6 is 15.9 Å². The average molecular weight is 593 g/mol. The smallest absolute Gasteiger partial charge is 0.490 e. The molecule has 3 aromatic rings. The highest BCUT2D eigenvalue weighted by atomic mass is 79.9. The zero-order valence-corrected chi connectivity index (χ0v) is 21.5. The van der Waals surface area contributed by atoms with E-state index in [9.17, 15) is 23.5 Å². The number of nitrogens with zero attached hydrogens (tertiary/aromatic N) is 2. The van der Waals surface area contributed by atoms with Crippen LogP contribution in [0.5, 0.6) is 11.5 Å². The van der Waals surface area contributed by atoms with Gasteiger partial charge in [0.05, 0.1) is 16.8 Å². The fraction of sp³-hybridized carbons (Fsp3) is 0.269. The highest BCUT2D eigenvalue weighted by Gasteiger charge is 2.38. The largest absolute Gasteiger partial charge is 0.507 e. The van der Waals surface area contributed by atoms with Crippen molar-refractivity contribution in [1.82, 2.24) is 10.3 Å². The average Bonchev–Trinajstić information content (AvgIpc) is 2.87. The summed E-state index contributed by atoms with van der Waals surface area (Å²) in [6.07, 6.45) is -3.08. The molecular weight excluding hydrogens is 569 g/mol. The van der Waals surface area contributed by atoms with Crippen LogP contribution in [0.25, 0.3) is 11.3 Å². The van der Waals surface area contributed by atoms with Crippen LogP contribution in [0, 0.1) is 11.3 Å². The Kier molecular flexibility index (Phi) is 9.55. The number of nitrogens with two attached hydrogens (primary N) is 1. The van der Waals surface area contributed by atoms with Crippen molar-refractivity contribution in [1.29, 1.82) is 5.26 Å². The number of pyridine rings is 1. The van der Waals surface area contributed by atoms with Crippen molar-refractivity contribution >= 4 is 27.7 Å². The molecule has 0 amide bonds. The number of hydrogen-bond donors (Lipinski definition) is 4. The summed E-state index contributed by atoms with van der Waals surface area (Å²) < 4.78 is 38.8. The minimum absolute atomic E-state index is 0.0519. The van der Waals surface area contributed by atoms with Gasteiger partial charge in [-0.25, -0.2) is 9.78 Å². The third-order valence-electron chi connectivity index (χ3n) is 5.71. The van der Waals surface area contributed by atoms with Gasteiger partial charge < -0.3 is 26.0 Å². The lowest BCUT2D eigenvalue weighted by atomic mass is 9.88. The summed E-state index contributed by atoms with van der Waals surface area (Å²) in [5, 5.41) is 30.8. The predicted octanol–water partition coefficient (Wildman–Crippen LogP) is 5.35. The van der Waals surface area contributed by atoms with Crippen molar-refractivity contribution in [2.24, 2.45) is 0 Å². The van der Waals surface area contributed by atoms with Crippen LogP contribution in [0.1, 0.15) is 35.4 Å². The molecule has 1 aliphatic heterocycles. The quantitative estimate of drug-likeness (QED) is 0.310. The Bertz CT molecular complexity index is 1340. The van der Waals surface area contributed by atoms with Crippen LogP contribution in [0.15, 0.2) is 53.0 Å². The van der Waals surface area contributed by atoms with Crippen LogP contribution in [-0.2, 0) is 11.4 Å². The first-order valence-corrected chi connectivity index (χ1v) is 12.2. The molecule has 0 bridgehead atoms. The number of nitrogen functional groups attached to an aromatic ring is 1. The van der Waals surface area contributed by atoms with Gasteiger partial charge in [0, 0.05) is 11.0 Å². The Morgan fingerprint density at radius 2 is 1.97 bits per heavy atom. The van der Waals surface area contributed by atoms with Gasteiger partial charge in [0.1, 0.15) is 30.0 Å². The topological polar surface area (TPSA) is 141 Å². The lowest BCUT2D eigenvalue weighted by molar-refractivity contribution is -0.192. The molecule has 12 heteroatoms. The fourth-order valence-corrected chi connectivity index (χ4v) is 4.41. The standard InChI is InChI=1S/C24H23BrN4O2.C2HF3O2/c25-17-6-1-4-15(10-17)14-31-22-8-2-7-21(30)23(22)20-11-18(16-5-3-9-28-13-16)19(12-26)24(27)29-20;3-2(4,5)1(6)7/h1-2,4,6-8,10-11,16,28,30H,3,5,9,13-14H2,(H2,27,29);(H,6,7). The normalized spacial score (nSPS) is 15.1. The second kappa shape index (κ2) is 12.6. The lowest BCUT2D eigenvalue weighted by Crippen LogP contribution is -2.29. The fourth-order valence-electron chi connectivity index (χ4n) is 3.96. The number of phenols is 1. The number of nitriles is 1. The van der Waals surface area contributed by atoms with E-state index in [0.717, 1.165) is 41.5 Å². The monoisotopic (exact) mass is 592 g/mol. The number of alkyl halides is 3. The third kappa shape index (κ3) is 7.36. The molecule has 8 nitrogen and oxygen atoms in total. The molecule has 5 N–H and O–H groups in total. The van der Waals surface area contributed by atoms with E-state index < -0.39 is 12.1 Å². The highest BCUT2D eigenvalue weighted by molar-refractivity contribution is 9.10. The van der Waals surface area contributed by atoms with Crippen LogP contribution in [0.2, 0.25) is 0 Å². The highest BCUT2D eigenvalue weighted by Crippen LogP contribution is 2.40. The van der Waals surface area contributed by atoms with Gasteiger partial charge in [-0.2, -0.15) is 18.4 Å². The lowest BCUT2D eigenvalue weighted by Gasteiger charge is -2.25. The number of aromatic hydroxyl groups is 1. The minimum atomic E-state index is -5.08. The molecule has 1 saturated heterocycles. The number of nitrogens with one attached hydrogen (secondary N) is 1. The molecule has 0 aliphatic carbocycles. The van der Waals surface area contributed by atoms with Crippen LogP contribution in [0.3, 0.4) is 0 Å². The van der Waals surface area contributed by atoms with Gasteiger partial charge in [0.2, 0.25) is 0 Å². The second-order valence-electron chi connectivity index (χ2n) is 8.38. The molecule has 1 unspecified atom stereocenters. The van der Waals surface area contributed by atoms with Gasteiger partial charge in [-0.1, -0.05) is 34.1 Å². The Morgan fingerprint density at radius 1 is 1.26 bits per heavy atom.